The van der Waals surface area contributed by atoms with Crippen LogP contribution in [0.3, 0.4) is 0 Å². The van der Waals surface area contributed by atoms with Crippen molar-refractivity contribution in [1.29, 1.82) is 0 Å². The van der Waals surface area contributed by atoms with Gasteiger partial charge in [-0.25, -0.2) is 0 Å². The van der Waals surface area contributed by atoms with E-state index in [9.17, 15) is 14.7 Å². The molecule has 2 aromatic carbocycles. The van der Waals surface area contributed by atoms with E-state index in [1.165, 1.54) is 11.1 Å². The third-order valence-corrected chi connectivity index (χ3v) is 7.93. The van der Waals surface area contributed by atoms with Crippen LogP contribution in [0.25, 0.3) is 0 Å². The highest BCUT2D eigenvalue weighted by Crippen LogP contribution is 2.46. The van der Waals surface area contributed by atoms with E-state index < -0.39 is 18.1 Å². The molecule has 7 nitrogen and oxygen atoms in total. The van der Waals surface area contributed by atoms with Gasteiger partial charge in [-0.15, -0.1) is 0 Å². The van der Waals surface area contributed by atoms with Crippen LogP contribution in [0.1, 0.15) is 76.5 Å². The standard InChI is InChI=1S/C32H45N3O4/c1-22-17-29(37)33-15-5-6-16-39-26-12-7-9-23(18-26)19-27(35-30(22)38)28(36)21-34-32(13-14-32)25-11-8-10-24(20-25)31(2,3)4/h7-12,18,20,22,27-28,34,36H,5-6,13-17,19,21H2,1-4H3,(H,33,37)(H,35,38)/t22-,27+,28-/m1/s1. The number of nitrogens with one attached hydrogen (secondary N) is 3. The number of aliphatic hydroxyl groups is 1. The molecule has 1 aliphatic heterocycles. The van der Waals surface area contributed by atoms with Crippen LogP contribution in [0.4, 0.5) is 0 Å². The molecule has 2 amide bonds. The van der Waals surface area contributed by atoms with E-state index in [0.717, 1.165) is 37.0 Å². The molecular weight excluding hydrogens is 490 g/mol. The first-order valence-corrected chi connectivity index (χ1v) is 14.4. The molecule has 1 heterocycles. The number of aliphatic hydroxyl groups excluding tert-OH is 1. The molecule has 7 heteroatoms. The van der Waals surface area contributed by atoms with Gasteiger partial charge in [-0.3, -0.25) is 9.59 Å². The number of fused-ring (bicyclic) bond motifs is 2. The van der Waals surface area contributed by atoms with Gasteiger partial charge in [0.25, 0.3) is 0 Å². The van der Waals surface area contributed by atoms with Gasteiger partial charge >= 0.3 is 0 Å². The van der Waals surface area contributed by atoms with Crippen molar-refractivity contribution in [3.05, 3.63) is 65.2 Å². The second kappa shape index (κ2) is 12.5. The minimum absolute atomic E-state index is 0.0610. The van der Waals surface area contributed by atoms with Crippen molar-refractivity contribution in [1.82, 2.24) is 16.0 Å². The van der Waals surface area contributed by atoms with Crippen molar-refractivity contribution < 1.29 is 19.4 Å². The first-order valence-electron chi connectivity index (χ1n) is 14.4. The third kappa shape index (κ3) is 8.05. The molecule has 3 atom stereocenters. The normalized spacial score (nSPS) is 23.2. The van der Waals surface area contributed by atoms with Gasteiger partial charge in [0, 0.05) is 31.0 Å². The summed E-state index contributed by atoms with van der Waals surface area (Å²) in [4.78, 5) is 25.4. The van der Waals surface area contributed by atoms with Gasteiger partial charge < -0.3 is 25.8 Å². The Labute approximate surface area is 233 Å². The van der Waals surface area contributed by atoms with E-state index in [-0.39, 0.29) is 29.2 Å². The van der Waals surface area contributed by atoms with Gasteiger partial charge in [0.2, 0.25) is 11.8 Å². The molecule has 1 saturated carbocycles. The largest absolute Gasteiger partial charge is 0.494 e. The highest BCUT2D eigenvalue weighted by atomic mass is 16.5. The Morgan fingerprint density at radius 2 is 1.85 bits per heavy atom. The number of hydrogen-bond acceptors (Lipinski definition) is 5. The molecule has 2 bridgehead atoms. The van der Waals surface area contributed by atoms with Crippen molar-refractivity contribution >= 4 is 11.8 Å². The summed E-state index contributed by atoms with van der Waals surface area (Å²) in [6.45, 7) is 9.88. The van der Waals surface area contributed by atoms with E-state index >= 15 is 0 Å². The molecule has 0 unspecified atom stereocenters. The quantitative estimate of drug-likeness (QED) is 0.465. The molecule has 212 valence electrons. The summed E-state index contributed by atoms with van der Waals surface area (Å²) in [6, 6.07) is 16.0. The highest BCUT2D eigenvalue weighted by Gasteiger charge is 2.44. The highest BCUT2D eigenvalue weighted by molar-refractivity contribution is 5.85. The fourth-order valence-electron chi connectivity index (χ4n) is 5.13. The molecule has 4 N–H and O–H groups in total. The van der Waals surface area contributed by atoms with Gasteiger partial charge in [-0.05, 0) is 66.3 Å². The summed E-state index contributed by atoms with van der Waals surface area (Å²) in [5.41, 5.74) is 3.43. The Morgan fingerprint density at radius 3 is 2.59 bits per heavy atom. The van der Waals surface area contributed by atoms with E-state index in [2.05, 4.69) is 61.0 Å². The van der Waals surface area contributed by atoms with Crippen molar-refractivity contribution in [3.63, 3.8) is 0 Å². The fourth-order valence-corrected chi connectivity index (χ4v) is 5.13. The predicted octanol–water partition coefficient (Wildman–Crippen LogP) is 3.97. The zero-order chi connectivity index (χ0) is 28.0. The topological polar surface area (TPSA) is 99.7 Å². The Morgan fingerprint density at radius 1 is 1.08 bits per heavy atom. The maximum absolute atomic E-state index is 13.1. The van der Waals surface area contributed by atoms with Crippen LogP contribution in [0.2, 0.25) is 0 Å². The van der Waals surface area contributed by atoms with Crippen LogP contribution >= 0.6 is 0 Å². The van der Waals surface area contributed by atoms with Crippen LogP contribution in [0.15, 0.2) is 48.5 Å². The predicted molar refractivity (Wildman–Crippen MR) is 154 cm³/mol. The SMILES string of the molecule is C[C@@H]1CC(=O)NCCCCOc2cccc(c2)C[C@@H]([C@H](O)CNC2(c3cccc(C(C)(C)C)c3)CC2)NC1=O. The number of carbonyl (C=O) groups is 2. The van der Waals surface area contributed by atoms with Crippen molar-refractivity contribution in [2.24, 2.45) is 5.92 Å². The van der Waals surface area contributed by atoms with Gasteiger partial charge in [-0.2, -0.15) is 0 Å². The second-order valence-corrected chi connectivity index (χ2v) is 12.3. The van der Waals surface area contributed by atoms with Gasteiger partial charge in [0.1, 0.15) is 5.75 Å². The average molecular weight is 536 g/mol. The zero-order valence-electron chi connectivity index (χ0n) is 23.9. The van der Waals surface area contributed by atoms with E-state index in [1.54, 1.807) is 6.92 Å². The first kappa shape index (κ1) is 29.1. The minimum Gasteiger partial charge on any atom is -0.494 e. The number of carbonyl (C=O) groups excluding carboxylic acids is 2. The molecule has 1 fully saturated rings. The van der Waals surface area contributed by atoms with Crippen LogP contribution in [0.5, 0.6) is 5.75 Å². The van der Waals surface area contributed by atoms with Gasteiger partial charge in [0.05, 0.1) is 18.8 Å². The Balaban J connectivity index is 1.49. The average Bonchev–Trinajstić information content (AvgIpc) is 3.69. The van der Waals surface area contributed by atoms with Gasteiger partial charge in [-0.1, -0.05) is 64.1 Å². The molecule has 0 aromatic heterocycles. The summed E-state index contributed by atoms with van der Waals surface area (Å²) < 4.78 is 5.92. The molecule has 39 heavy (non-hydrogen) atoms. The fraction of sp³-hybridized carbons (Fsp3) is 0.562. The Hall–Kier alpha value is -2.90. The lowest BCUT2D eigenvalue weighted by Gasteiger charge is -2.29. The number of rotatable bonds is 5. The van der Waals surface area contributed by atoms with E-state index in [0.29, 0.717) is 26.1 Å². The number of benzene rings is 2. The van der Waals surface area contributed by atoms with Crippen LogP contribution in [-0.2, 0) is 27.0 Å². The number of ether oxygens (including phenoxy) is 1. The molecule has 1 aliphatic carbocycles. The van der Waals surface area contributed by atoms with Crippen LogP contribution in [0, 0.1) is 5.92 Å². The molecule has 0 spiro atoms. The van der Waals surface area contributed by atoms with E-state index in [1.807, 2.05) is 24.3 Å². The maximum atomic E-state index is 13.1. The Kier molecular flexibility index (Phi) is 9.34. The summed E-state index contributed by atoms with van der Waals surface area (Å²) in [7, 11) is 0. The lowest BCUT2D eigenvalue weighted by Crippen LogP contribution is -2.51. The minimum atomic E-state index is -0.818. The van der Waals surface area contributed by atoms with Crippen molar-refractivity contribution in [2.75, 3.05) is 19.7 Å². The zero-order valence-corrected chi connectivity index (χ0v) is 23.9. The number of hydrogen-bond donors (Lipinski definition) is 4. The molecule has 2 aromatic rings. The molecular formula is C32H45N3O4. The molecule has 2 aliphatic rings. The summed E-state index contributed by atoms with van der Waals surface area (Å²) in [5.74, 6) is -0.0916. The van der Waals surface area contributed by atoms with Crippen molar-refractivity contribution in [3.8, 4) is 5.75 Å². The van der Waals surface area contributed by atoms with Crippen LogP contribution in [-0.4, -0.2) is 48.8 Å². The maximum Gasteiger partial charge on any atom is 0.223 e. The Bertz CT molecular complexity index is 1140. The third-order valence-electron chi connectivity index (χ3n) is 7.93. The lowest BCUT2D eigenvalue weighted by atomic mass is 9.85. The van der Waals surface area contributed by atoms with Crippen molar-refractivity contribution in [2.45, 2.75) is 89.3 Å². The number of amides is 2. The molecule has 0 radical (unpaired) electrons. The van der Waals surface area contributed by atoms with E-state index in [4.69, 9.17) is 4.74 Å². The summed E-state index contributed by atoms with van der Waals surface area (Å²) in [6.07, 6.45) is 3.42. The molecule has 0 saturated heterocycles. The smallest absolute Gasteiger partial charge is 0.223 e. The lowest BCUT2D eigenvalue weighted by molar-refractivity contribution is -0.130. The summed E-state index contributed by atoms with van der Waals surface area (Å²) in [5, 5.41) is 21.0. The molecule has 4 rings (SSSR count). The summed E-state index contributed by atoms with van der Waals surface area (Å²) >= 11 is 0. The monoisotopic (exact) mass is 535 g/mol. The second-order valence-electron chi connectivity index (χ2n) is 12.3. The van der Waals surface area contributed by atoms with Gasteiger partial charge in [0.15, 0.2) is 0 Å². The first-order chi connectivity index (χ1) is 18.6. The van der Waals surface area contributed by atoms with Crippen LogP contribution < -0.4 is 20.7 Å².